The van der Waals surface area contributed by atoms with Crippen molar-refractivity contribution in [2.45, 2.75) is 5.92 Å². The highest BCUT2D eigenvalue weighted by Gasteiger charge is 2.21. The van der Waals surface area contributed by atoms with Gasteiger partial charge < -0.3 is 19.7 Å². The topological polar surface area (TPSA) is 76.0 Å². The maximum absolute atomic E-state index is 11.4. The number of carboxylic acids is 1. The summed E-state index contributed by atoms with van der Waals surface area (Å²) in [6.07, 6.45) is 0. The van der Waals surface area contributed by atoms with Gasteiger partial charge in [-0.15, -0.1) is 0 Å². The first-order valence-electron chi connectivity index (χ1n) is 6.38. The largest absolute Gasteiger partial charge is 0.508 e. The lowest BCUT2D eigenvalue weighted by Gasteiger charge is -2.15. The lowest BCUT2D eigenvalue weighted by atomic mass is 10.00. The molecule has 2 aromatic rings. The van der Waals surface area contributed by atoms with Crippen LogP contribution in [0.25, 0.3) is 0 Å². The summed E-state index contributed by atoms with van der Waals surface area (Å²) in [6.45, 7) is -0.0358. The maximum atomic E-state index is 11.4. The Kier molecular flexibility index (Phi) is 4.66. The standard InChI is InChI=1S/C16H16O5/c1-20-13-6-2-4-11(8-13)15(16(18)19)10-21-14-7-3-5-12(17)9-14/h2-9,15,17H,10H2,1H3,(H,18,19). The van der Waals surface area contributed by atoms with E-state index >= 15 is 0 Å². The van der Waals surface area contributed by atoms with E-state index in [2.05, 4.69) is 0 Å². The minimum absolute atomic E-state index is 0.0358. The second-order valence-electron chi connectivity index (χ2n) is 4.48. The number of methoxy groups -OCH3 is 1. The van der Waals surface area contributed by atoms with Crippen molar-refractivity contribution in [3.05, 3.63) is 54.1 Å². The highest BCUT2D eigenvalue weighted by atomic mass is 16.5. The summed E-state index contributed by atoms with van der Waals surface area (Å²) in [5, 5.41) is 18.7. The van der Waals surface area contributed by atoms with Gasteiger partial charge >= 0.3 is 5.97 Å². The molecule has 2 aromatic carbocycles. The molecule has 0 fully saturated rings. The van der Waals surface area contributed by atoms with Gasteiger partial charge in [0.05, 0.1) is 7.11 Å². The number of hydrogen-bond donors (Lipinski definition) is 2. The molecule has 0 aliphatic rings. The Morgan fingerprint density at radius 2 is 1.86 bits per heavy atom. The molecule has 0 spiro atoms. The van der Waals surface area contributed by atoms with Gasteiger partial charge in [0, 0.05) is 6.07 Å². The number of phenols is 1. The molecule has 0 radical (unpaired) electrons. The Balaban J connectivity index is 2.14. The number of hydrogen-bond acceptors (Lipinski definition) is 4. The van der Waals surface area contributed by atoms with Crippen molar-refractivity contribution in [1.29, 1.82) is 0 Å². The van der Waals surface area contributed by atoms with Gasteiger partial charge in [-0.25, -0.2) is 0 Å². The first kappa shape index (κ1) is 14.7. The molecular weight excluding hydrogens is 272 g/mol. The van der Waals surface area contributed by atoms with E-state index in [4.69, 9.17) is 9.47 Å². The van der Waals surface area contributed by atoms with E-state index in [0.717, 1.165) is 0 Å². The van der Waals surface area contributed by atoms with Crippen LogP contribution in [0.1, 0.15) is 11.5 Å². The quantitative estimate of drug-likeness (QED) is 0.854. The van der Waals surface area contributed by atoms with E-state index in [0.29, 0.717) is 17.1 Å². The fraction of sp³-hybridized carbons (Fsp3) is 0.188. The third-order valence-corrected chi connectivity index (χ3v) is 3.03. The van der Waals surface area contributed by atoms with Crippen LogP contribution in [0.3, 0.4) is 0 Å². The Hall–Kier alpha value is -2.69. The van der Waals surface area contributed by atoms with Crippen LogP contribution in [0.2, 0.25) is 0 Å². The van der Waals surface area contributed by atoms with Crippen LogP contribution < -0.4 is 9.47 Å². The van der Waals surface area contributed by atoms with Crippen LogP contribution in [0.15, 0.2) is 48.5 Å². The zero-order valence-corrected chi connectivity index (χ0v) is 11.5. The summed E-state index contributed by atoms with van der Waals surface area (Å²) in [5.74, 6) is -0.716. The smallest absolute Gasteiger partial charge is 0.314 e. The molecule has 5 nitrogen and oxygen atoms in total. The van der Waals surface area contributed by atoms with Crippen LogP contribution >= 0.6 is 0 Å². The molecule has 1 unspecified atom stereocenters. The van der Waals surface area contributed by atoms with Crippen molar-refractivity contribution < 1.29 is 24.5 Å². The van der Waals surface area contributed by atoms with Crippen molar-refractivity contribution >= 4 is 5.97 Å². The summed E-state index contributed by atoms with van der Waals surface area (Å²) < 4.78 is 10.6. The molecule has 5 heteroatoms. The molecule has 110 valence electrons. The van der Waals surface area contributed by atoms with Crippen LogP contribution in [0, 0.1) is 0 Å². The van der Waals surface area contributed by atoms with Crippen molar-refractivity contribution in [2.75, 3.05) is 13.7 Å². The number of phenolic OH excluding ortho intramolecular Hbond substituents is 1. The van der Waals surface area contributed by atoms with Crippen molar-refractivity contribution in [1.82, 2.24) is 0 Å². The minimum Gasteiger partial charge on any atom is -0.508 e. The lowest BCUT2D eigenvalue weighted by molar-refractivity contribution is -0.139. The first-order valence-corrected chi connectivity index (χ1v) is 6.38. The normalized spacial score (nSPS) is 11.7. The highest BCUT2D eigenvalue weighted by molar-refractivity contribution is 5.76. The molecule has 21 heavy (non-hydrogen) atoms. The second-order valence-corrected chi connectivity index (χ2v) is 4.48. The van der Waals surface area contributed by atoms with E-state index < -0.39 is 11.9 Å². The number of carbonyl (C=O) groups is 1. The Morgan fingerprint density at radius 1 is 1.14 bits per heavy atom. The molecule has 0 heterocycles. The molecule has 0 aromatic heterocycles. The van der Waals surface area contributed by atoms with Crippen molar-refractivity contribution in [3.63, 3.8) is 0 Å². The van der Waals surface area contributed by atoms with Gasteiger partial charge in [-0.3, -0.25) is 4.79 Å². The average Bonchev–Trinajstić information content (AvgIpc) is 2.47. The first-order chi connectivity index (χ1) is 10.1. The number of carboxylic acid groups (broad SMARTS) is 1. The average molecular weight is 288 g/mol. The molecule has 0 aliphatic heterocycles. The van der Waals surface area contributed by atoms with Crippen LogP contribution in [-0.4, -0.2) is 29.9 Å². The van der Waals surface area contributed by atoms with Crippen molar-refractivity contribution in [3.8, 4) is 17.2 Å². The molecule has 2 N–H and O–H groups in total. The van der Waals surface area contributed by atoms with E-state index in [9.17, 15) is 15.0 Å². The lowest BCUT2D eigenvalue weighted by Crippen LogP contribution is -2.19. The van der Waals surface area contributed by atoms with Gasteiger partial charge in [-0.1, -0.05) is 18.2 Å². The maximum Gasteiger partial charge on any atom is 0.314 e. The van der Waals surface area contributed by atoms with Gasteiger partial charge in [0.15, 0.2) is 0 Å². The Morgan fingerprint density at radius 3 is 2.52 bits per heavy atom. The third kappa shape index (κ3) is 3.89. The molecule has 0 bridgehead atoms. The summed E-state index contributed by atoms with van der Waals surface area (Å²) in [7, 11) is 1.53. The number of benzene rings is 2. The van der Waals surface area contributed by atoms with Crippen molar-refractivity contribution in [2.24, 2.45) is 0 Å². The van der Waals surface area contributed by atoms with Gasteiger partial charge in [-0.05, 0) is 29.8 Å². The molecular formula is C16H16O5. The summed E-state index contributed by atoms with van der Waals surface area (Å²) in [5.41, 5.74) is 0.599. The van der Waals surface area contributed by atoms with Crippen LogP contribution in [-0.2, 0) is 4.79 Å². The molecule has 0 saturated heterocycles. The van der Waals surface area contributed by atoms with E-state index in [1.54, 1.807) is 36.4 Å². The molecule has 0 saturated carbocycles. The summed E-state index contributed by atoms with van der Waals surface area (Å²) in [4.78, 5) is 11.4. The minimum atomic E-state index is -0.983. The zero-order chi connectivity index (χ0) is 15.2. The Bertz CT molecular complexity index is 624. The van der Waals surface area contributed by atoms with E-state index in [-0.39, 0.29) is 12.4 Å². The zero-order valence-electron chi connectivity index (χ0n) is 11.5. The van der Waals surface area contributed by atoms with Crippen LogP contribution in [0.4, 0.5) is 0 Å². The second kappa shape index (κ2) is 6.65. The van der Waals surface area contributed by atoms with E-state index in [1.165, 1.54) is 19.2 Å². The van der Waals surface area contributed by atoms with Gasteiger partial charge in [0.2, 0.25) is 0 Å². The molecule has 0 amide bonds. The third-order valence-electron chi connectivity index (χ3n) is 3.03. The Labute approximate surface area is 122 Å². The fourth-order valence-electron chi connectivity index (χ4n) is 1.92. The number of aliphatic carboxylic acids is 1. The fourth-order valence-corrected chi connectivity index (χ4v) is 1.92. The molecule has 2 rings (SSSR count). The van der Waals surface area contributed by atoms with Gasteiger partial charge in [0.1, 0.15) is 29.8 Å². The molecule has 1 atom stereocenters. The highest BCUT2D eigenvalue weighted by Crippen LogP contribution is 2.24. The SMILES string of the molecule is COc1cccc(C(COc2cccc(O)c2)C(=O)O)c1. The van der Waals surface area contributed by atoms with Gasteiger partial charge in [0.25, 0.3) is 0 Å². The number of rotatable bonds is 6. The predicted octanol–water partition coefficient (Wildman–Crippen LogP) is 2.65. The summed E-state index contributed by atoms with van der Waals surface area (Å²) >= 11 is 0. The monoisotopic (exact) mass is 288 g/mol. The van der Waals surface area contributed by atoms with Gasteiger partial charge in [-0.2, -0.15) is 0 Å². The summed E-state index contributed by atoms with van der Waals surface area (Å²) in [6, 6.07) is 13.1. The molecule has 0 aliphatic carbocycles. The number of ether oxygens (including phenoxy) is 2. The van der Waals surface area contributed by atoms with E-state index in [1.807, 2.05) is 0 Å². The number of aromatic hydroxyl groups is 1. The van der Waals surface area contributed by atoms with Crippen LogP contribution in [0.5, 0.6) is 17.2 Å². The predicted molar refractivity (Wildman–Crippen MR) is 77.0 cm³/mol.